The van der Waals surface area contributed by atoms with Crippen molar-refractivity contribution in [3.63, 3.8) is 0 Å². The van der Waals surface area contributed by atoms with E-state index < -0.39 is 24.3 Å². The minimum absolute atomic E-state index is 0.0207. The van der Waals surface area contributed by atoms with Crippen molar-refractivity contribution >= 4 is 40.3 Å². The molecule has 0 N–H and O–H groups in total. The van der Waals surface area contributed by atoms with Gasteiger partial charge < -0.3 is 9.64 Å². The van der Waals surface area contributed by atoms with E-state index in [-0.39, 0.29) is 11.8 Å². The number of thiazole rings is 1. The molecule has 0 aliphatic carbocycles. The van der Waals surface area contributed by atoms with Gasteiger partial charge in [0.25, 0.3) is 5.91 Å². The smallest absolute Gasteiger partial charge is 0.309 e. The van der Waals surface area contributed by atoms with E-state index in [1.54, 1.807) is 23.3 Å². The summed E-state index contributed by atoms with van der Waals surface area (Å²) >= 11 is 2.64. The van der Waals surface area contributed by atoms with Gasteiger partial charge in [0.1, 0.15) is 5.01 Å². The minimum Gasteiger partial charge on any atom is -0.457 e. The Bertz CT molecular complexity index is 893. The van der Waals surface area contributed by atoms with Crippen LogP contribution in [0.15, 0.2) is 22.9 Å². The third-order valence-corrected chi connectivity index (χ3v) is 6.42. The molecule has 1 aliphatic rings. The number of nitriles is 1. The van der Waals surface area contributed by atoms with Crippen LogP contribution in [0.1, 0.15) is 39.1 Å². The van der Waals surface area contributed by atoms with Crippen molar-refractivity contribution in [2.75, 3.05) is 19.7 Å². The lowest BCUT2D eigenvalue weighted by molar-refractivity contribution is -0.153. The molecule has 0 radical (unpaired) electrons. The largest absolute Gasteiger partial charge is 0.457 e. The summed E-state index contributed by atoms with van der Waals surface area (Å²) in [4.78, 5) is 43.5. The number of hydrogen-bond acceptors (Lipinski definition) is 8. The summed E-state index contributed by atoms with van der Waals surface area (Å²) in [6, 6.07) is 5.55. The Morgan fingerprint density at radius 3 is 2.68 bits per heavy atom. The molecule has 0 spiro atoms. The second-order valence-electron chi connectivity index (χ2n) is 6.51. The van der Waals surface area contributed by atoms with Gasteiger partial charge in [-0.05, 0) is 31.2 Å². The fourth-order valence-corrected chi connectivity index (χ4v) is 4.54. The molecule has 0 saturated carbocycles. The number of esters is 1. The summed E-state index contributed by atoms with van der Waals surface area (Å²) in [5, 5.41) is 13.3. The van der Waals surface area contributed by atoms with E-state index >= 15 is 0 Å². The third-order valence-electron chi connectivity index (χ3n) is 4.54. The zero-order valence-electron chi connectivity index (χ0n) is 15.3. The van der Waals surface area contributed by atoms with Crippen LogP contribution in [0, 0.1) is 24.2 Å². The van der Waals surface area contributed by atoms with Gasteiger partial charge in [0.2, 0.25) is 0 Å². The zero-order chi connectivity index (χ0) is 20.1. The monoisotopic (exact) mass is 417 g/mol. The zero-order valence-corrected chi connectivity index (χ0v) is 16.9. The molecule has 2 aromatic heterocycles. The van der Waals surface area contributed by atoms with E-state index in [9.17, 15) is 19.6 Å². The summed E-state index contributed by atoms with van der Waals surface area (Å²) in [6.45, 7) is 2.30. The van der Waals surface area contributed by atoms with Crippen LogP contribution in [0.4, 0.5) is 0 Å². The number of Topliss-reactive ketones (excluding diaryl/α,β-unsaturated/α-hetero) is 1. The van der Waals surface area contributed by atoms with Crippen LogP contribution >= 0.6 is 22.7 Å². The minimum atomic E-state index is -1.02. The summed E-state index contributed by atoms with van der Waals surface area (Å²) in [6.07, 6.45) is 0.995. The summed E-state index contributed by atoms with van der Waals surface area (Å²) < 4.78 is 5.16. The number of ketones is 1. The van der Waals surface area contributed by atoms with Crippen molar-refractivity contribution in [3.8, 4) is 6.07 Å². The third kappa shape index (κ3) is 4.64. The highest BCUT2D eigenvalue weighted by Gasteiger charge is 2.30. The number of rotatable bonds is 6. The normalized spacial score (nSPS) is 15.6. The molecule has 3 rings (SSSR count). The van der Waals surface area contributed by atoms with E-state index in [1.807, 2.05) is 17.5 Å². The van der Waals surface area contributed by atoms with Crippen molar-refractivity contribution in [2.45, 2.75) is 25.7 Å². The van der Waals surface area contributed by atoms with Crippen LogP contribution < -0.4 is 0 Å². The standard InChI is InChI=1S/C19H19N3O4S2/c1-12-11-28-17(21-12)14(9-20)15(23)10-26-19(25)13-4-6-22(7-5-13)18(24)16-3-2-8-27-16/h2-3,8,11,13-14H,4-7,10H2,1H3/t14-/m1/s1. The predicted molar refractivity (Wildman–Crippen MR) is 104 cm³/mol. The topological polar surface area (TPSA) is 100 Å². The lowest BCUT2D eigenvalue weighted by Gasteiger charge is -2.30. The van der Waals surface area contributed by atoms with Crippen LogP contribution in [0.5, 0.6) is 0 Å². The highest BCUT2D eigenvalue weighted by atomic mass is 32.1. The Morgan fingerprint density at radius 2 is 2.11 bits per heavy atom. The first-order valence-corrected chi connectivity index (χ1v) is 10.6. The van der Waals surface area contributed by atoms with E-state index in [0.29, 0.717) is 35.8 Å². The molecule has 28 heavy (non-hydrogen) atoms. The highest BCUT2D eigenvalue weighted by Crippen LogP contribution is 2.23. The van der Waals surface area contributed by atoms with Crippen molar-refractivity contribution < 1.29 is 19.1 Å². The van der Waals surface area contributed by atoms with Crippen molar-refractivity contribution in [2.24, 2.45) is 5.92 Å². The molecular weight excluding hydrogens is 398 g/mol. The van der Waals surface area contributed by atoms with Gasteiger partial charge in [-0.1, -0.05) is 6.07 Å². The first kappa shape index (κ1) is 20.2. The molecule has 0 unspecified atom stereocenters. The molecule has 1 amide bonds. The summed E-state index contributed by atoms with van der Waals surface area (Å²) in [7, 11) is 0. The number of aromatic nitrogens is 1. The molecule has 146 valence electrons. The number of likely N-dealkylation sites (tertiary alicyclic amines) is 1. The van der Waals surface area contributed by atoms with Crippen molar-refractivity contribution in [1.29, 1.82) is 5.26 Å². The molecule has 1 atom stereocenters. The fraction of sp³-hybridized carbons (Fsp3) is 0.421. The summed E-state index contributed by atoms with van der Waals surface area (Å²) in [5.41, 5.74) is 0.744. The molecule has 0 aromatic carbocycles. The number of piperidine rings is 1. The highest BCUT2D eigenvalue weighted by molar-refractivity contribution is 7.12. The van der Waals surface area contributed by atoms with Gasteiger partial charge in [-0.2, -0.15) is 5.26 Å². The second-order valence-corrected chi connectivity index (χ2v) is 8.34. The molecule has 3 heterocycles. The van der Waals surface area contributed by atoms with E-state index in [2.05, 4.69) is 4.98 Å². The van der Waals surface area contributed by atoms with Gasteiger partial charge in [0.15, 0.2) is 18.3 Å². The number of carbonyl (C=O) groups excluding carboxylic acids is 3. The lowest BCUT2D eigenvalue weighted by atomic mass is 9.97. The van der Waals surface area contributed by atoms with Gasteiger partial charge in [0.05, 0.1) is 16.9 Å². The number of carbonyl (C=O) groups is 3. The van der Waals surface area contributed by atoms with Crippen LogP contribution in [0.25, 0.3) is 0 Å². The number of nitrogens with zero attached hydrogens (tertiary/aromatic N) is 3. The molecule has 1 fully saturated rings. The maximum Gasteiger partial charge on any atom is 0.309 e. The van der Waals surface area contributed by atoms with E-state index in [1.165, 1.54) is 22.7 Å². The van der Waals surface area contributed by atoms with Crippen LogP contribution in [0.2, 0.25) is 0 Å². The van der Waals surface area contributed by atoms with Gasteiger partial charge in [-0.25, -0.2) is 4.98 Å². The molecule has 7 nitrogen and oxygen atoms in total. The predicted octanol–water partition coefficient (Wildman–Crippen LogP) is 2.78. The lowest BCUT2D eigenvalue weighted by Crippen LogP contribution is -2.40. The number of thiophene rings is 1. The summed E-state index contributed by atoms with van der Waals surface area (Å²) in [5.74, 6) is -2.31. The van der Waals surface area contributed by atoms with E-state index in [0.717, 1.165) is 5.69 Å². The van der Waals surface area contributed by atoms with Gasteiger partial charge in [-0.3, -0.25) is 14.4 Å². The fourth-order valence-electron chi connectivity index (χ4n) is 2.99. The Morgan fingerprint density at radius 1 is 1.36 bits per heavy atom. The average Bonchev–Trinajstić information content (AvgIpc) is 3.38. The number of aryl methyl sites for hydroxylation is 1. The van der Waals surface area contributed by atoms with Gasteiger partial charge in [-0.15, -0.1) is 22.7 Å². The first-order chi connectivity index (χ1) is 13.5. The van der Waals surface area contributed by atoms with Crippen LogP contribution in [0.3, 0.4) is 0 Å². The quantitative estimate of drug-likeness (QED) is 0.670. The Labute approximate surface area is 170 Å². The Hall–Kier alpha value is -2.57. The van der Waals surface area contributed by atoms with Crippen LogP contribution in [-0.4, -0.2) is 47.2 Å². The van der Waals surface area contributed by atoms with Crippen molar-refractivity contribution in [1.82, 2.24) is 9.88 Å². The number of hydrogen-bond donors (Lipinski definition) is 0. The molecular formula is C19H19N3O4S2. The Balaban J connectivity index is 1.47. The van der Waals surface area contributed by atoms with Crippen LogP contribution in [-0.2, 0) is 14.3 Å². The molecule has 1 saturated heterocycles. The van der Waals surface area contributed by atoms with E-state index in [4.69, 9.17) is 4.74 Å². The maximum absolute atomic E-state index is 12.3. The van der Waals surface area contributed by atoms with Gasteiger partial charge in [0, 0.05) is 24.2 Å². The molecule has 0 bridgehead atoms. The molecule has 1 aliphatic heterocycles. The first-order valence-electron chi connectivity index (χ1n) is 8.83. The second kappa shape index (κ2) is 9.08. The SMILES string of the molecule is Cc1csc([C@H](C#N)C(=O)COC(=O)C2CCN(C(=O)c3cccs3)CC2)n1. The molecule has 9 heteroatoms. The average molecular weight is 418 g/mol. The number of amides is 1. The van der Waals surface area contributed by atoms with Crippen molar-refractivity contribution in [3.05, 3.63) is 38.5 Å². The Kier molecular flexibility index (Phi) is 6.54. The number of ether oxygens (including phenoxy) is 1. The molecule has 2 aromatic rings. The van der Waals surface area contributed by atoms with Gasteiger partial charge >= 0.3 is 5.97 Å². The maximum atomic E-state index is 12.3.